The van der Waals surface area contributed by atoms with Crippen LogP contribution in [0.5, 0.6) is 0 Å². The van der Waals surface area contributed by atoms with Crippen LogP contribution in [0.3, 0.4) is 0 Å². The topological polar surface area (TPSA) is 12.9 Å². The van der Waals surface area contributed by atoms with E-state index in [9.17, 15) is 0 Å². The smallest absolute Gasteiger partial charge is 0.107 e. The molecule has 0 aliphatic heterocycles. The summed E-state index contributed by atoms with van der Waals surface area (Å²) in [6.07, 6.45) is 3.57. The van der Waals surface area contributed by atoms with Crippen LogP contribution in [0.15, 0.2) is 116 Å². The second kappa shape index (κ2) is 7.72. The van der Waals surface area contributed by atoms with Gasteiger partial charge in [-0.2, -0.15) is 0 Å². The quantitative estimate of drug-likeness (QED) is 0.354. The molecule has 0 spiro atoms. The van der Waals surface area contributed by atoms with Gasteiger partial charge in [0.05, 0.1) is 0 Å². The third-order valence-corrected chi connectivity index (χ3v) is 4.68. The van der Waals surface area contributed by atoms with Crippen LogP contribution in [0, 0.1) is 11.8 Å². The summed E-state index contributed by atoms with van der Waals surface area (Å²) in [5.74, 6) is 6.98. The second-order valence-electron chi connectivity index (χ2n) is 6.34. The molecule has 0 aliphatic rings. The van der Waals surface area contributed by atoms with E-state index in [1.807, 2.05) is 30.3 Å². The van der Waals surface area contributed by atoms with Crippen molar-refractivity contribution in [1.82, 2.24) is 4.98 Å². The van der Waals surface area contributed by atoms with Crippen LogP contribution in [0.2, 0.25) is 0 Å². The molecule has 1 heteroatoms. The summed E-state index contributed by atoms with van der Waals surface area (Å²) in [5, 5.41) is 0. The molecular formula is C26H19N. The minimum atomic E-state index is -0.556. The minimum Gasteiger partial charge on any atom is -0.263 e. The summed E-state index contributed by atoms with van der Waals surface area (Å²) in [5.41, 5.74) is 3.81. The molecule has 3 aromatic carbocycles. The van der Waals surface area contributed by atoms with Crippen LogP contribution in [0.25, 0.3) is 0 Å². The Morgan fingerprint density at radius 2 is 1.04 bits per heavy atom. The van der Waals surface area contributed by atoms with Gasteiger partial charge in [0.25, 0.3) is 0 Å². The fourth-order valence-corrected chi connectivity index (χ4v) is 3.38. The van der Waals surface area contributed by atoms with Gasteiger partial charge in [-0.25, -0.2) is 0 Å². The lowest BCUT2D eigenvalue weighted by atomic mass is 9.70. The number of aromatic nitrogens is 1. The minimum absolute atomic E-state index is 0.556. The average Bonchev–Trinajstić information content (AvgIpc) is 2.77. The van der Waals surface area contributed by atoms with Gasteiger partial charge in [0.2, 0.25) is 0 Å². The zero-order chi connectivity index (χ0) is 18.4. The van der Waals surface area contributed by atoms with E-state index in [-0.39, 0.29) is 0 Å². The Hall–Kier alpha value is -3.63. The first-order valence-electron chi connectivity index (χ1n) is 8.99. The van der Waals surface area contributed by atoms with E-state index < -0.39 is 5.41 Å². The van der Waals surface area contributed by atoms with Crippen molar-refractivity contribution in [1.29, 1.82) is 0 Å². The van der Waals surface area contributed by atoms with Gasteiger partial charge in [0, 0.05) is 18.0 Å². The maximum atomic E-state index is 4.20. The first-order chi connectivity index (χ1) is 13.4. The van der Waals surface area contributed by atoms with E-state index in [1.54, 1.807) is 12.4 Å². The van der Waals surface area contributed by atoms with Gasteiger partial charge in [0.1, 0.15) is 5.41 Å². The van der Waals surface area contributed by atoms with Gasteiger partial charge in [-0.15, -0.1) is 0 Å². The maximum Gasteiger partial charge on any atom is 0.107 e. The number of pyridine rings is 1. The van der Waals surface area contributed by atoms with Crippen LogP contribution >= 0.6 is 0 Å². The molecule has 0 atom stereocenters. The van der Waals surface area contributed by atoms with Gasteiger partial charge in [-0.3, -0.25) is 4.98 Å². The molecule has 27 heavy (non-hydrogen) atoms. The third kappa shape index (κ3) is 3.38. The van der Waals surface area contributed by atoms with Crippen LogP contribution in [-0.4, -0.2) is 4.98 Å². The molecule has 128 valence electrons. The largest absolute Gasteiger partial charge is 0.263 e. The summed E-state index contributed by atoms with van der Waals surface area (Å²) < 4.78 is 0. The Morgan fingerprint density at radius 3 is 1.44 bits per heavy atom. The zero-order valence-corrected chi connectivity index (χ0v) is 14.9. The Balaban J connectivity index is 2.03. The predicted octanol–water partition coefficient (Wildman–Crippen LogP) is 5.47. The van der Waals surface area contributed by atoms with Gasteiger partial charge >= 0.3 is 0 Å². The van der Waals surface area contributed by atoms with Gasteiger partial charge < -0.3 is 0 Å². The summed E-state index contributed by atoms with van der Waals surface area (Å²) >= 11 is 0. The van der Waals surface area contributed by atoms with E-state index in [1.165, 1.54) is 0 Å². The summed E-state index contributed by atoms with van der Waals surface area (Å²) in [4.78, 5) is 4.20. The lowest BCUT2D eigenvalue weighted by Gasteiger charge is -2.30. The molecule has 0 unspecified atom stereocenters. The number of hydrogen-bond acceptors (Lipinski definition) is 1. The zero-order valence-electron chi connectivity index (χ0n) is 14.9. The molecule has 1 heterocycles. The molecule has 0 saturated carbocycles. The number of hydrogen-bond donors (Lipinski definition) is 0. The van der Waals surface area contributed by atoms with Crippen LogP contribution in [-0.2, 0) is 5.41 Å². The molecule has 1 aromatic heterocycles. The Morgan fingerprint density at radius 1 is 0.556 bits per heavy atom. The average molecular weight is 345 g/mol. The molecule has 0 radical (unpaired) electrons. The molecule has 0 amide bonds. The Kier molecular flexibility index (Phi) is 4.81. The highest BCUT2D eigenvalue weighted by Crippen LogP contribution is 2.38. The monoisotopic (exact) mass is 345 g/mol. The van der Waals surface area contributed by atoms with E-state index in [0.29, 0.717) is 0 Å². The summed E-state index contributed by atoms with van der Waals surface area (Å²) in [6, 6.07) is 35.4. The van der Waals surface area contributed by atoms with Crippen molar-refractivity contribution >= 4 is 0 Å². The molecule has 0 aliphatic carbocycles. The molecule has 4 rings (SSSR count). The summed E-state index contributed by atoms with van der Waals surface area (Å²) in [6.45, 7) is 0. The van der Waals surface area contributed by atoms with Crippen LogP contribution in [0.4, 0.5) is 0 Å². The lowest BCUT2D eigenvalue weighted by Crippen LogP contribution is -2.27. The van der Waals surface area contributed by atoms with Crippen molar-refractivity contribution in [3.8, 4) is 11.8 Å². The lowest BCUT2D eigenvalue weighted by molar-refractivity contribution is 0.809. The molecule has 0 saturated heterocycles. The highest BCUT2D eigenvalue weighted by Gasteiger charge is 2.34. The molecule has 0 bridgehead atoms. The Labute approximate surface area is 160 Å². The first-order valence-corrected chi connectivity index (χ1v) is 8.99. The maximum absolute atomic E-state index is 4.20. The molecule has 0 fully saturated rings. The molecular weight excluding hydrogens is 326 g/mol. The van der Waals surface area contributed by atoms with E-state index in [4.69, 9.17) is 0 Å². The van der Waals surface area contributed by atoms with Gasteiger partial charge in [-0.1, -0.05) is 103 Å². The van der Waals surface area contributed by atoms with Gasteiger partial charge in [-0.05, 0) is 28.8 Å². The Bertz CT molecular complexity index is 947. The summed E-state index contributed by atoms with van der Waals surface area (Å²) in [7, 11) is 0. The van der Waals surface area contributed by atoms with Crippen molar-refractivity contribution < 1.29 is 0 Å². The van der Waals surface area contributed by atoms with Gasteiger partial charge in [0.15, 0.2) is 0 Å². The number of benzene rings is 3. The standard InChI is InChI=1S/C26H19N/c1-4-12-23(13-5-1)26(24-14-6-2-7-15-24,25-16-8-3-9-17-25)19-18-22-11-10-20-27-21-22/h1-17,20-21H. The first kappa shape index (κ1) is 16.8. The highest BCUT2D eigenvalue weighted by molar-refractivity contribution is 5.59. The molecule has 1 nitrogen and oxygen atoms in total. The highest BCUT2D eigenvalue weighted by atomic mass is 14.6. The fourth-order valence-electron chi connectivity index (χ4n) is 3.38. The van der Waals surface area contributed by atoms with Crippen molar-refractivity contribution in [2.45, 2.75) is 5.41 Å². The fraction of sp³-hybridized carbons (Fsp3) is 0.0385. The van der Waals surface area contributed by atoms with E-state index in [2.05, 4.69) is 89.6 Å². The van der Waals surface area contributed by atoms with Crippen molar-refractivity contribution in [3.05, 3.63) is 138 Å². The van der Waals surface area contributed by atoms with Crippen LogP contribution < -0.4 is 0 Å². The molecule has 4 aromatic rings. The molecule has 0 N–H and O–H groups in total. The normalized spacial score (nSPS) is 10.7. The predicted molar refractivity (Wildman–Crippen MR) is 110 cm³/mol. The third-order valence-electron chi connectivity index (χ3n) is 4.68. The number of nitrogens with zero attached hydrogens (tertiary/aromatic N) is 1. The second-order valence-corrected chi connectivity index (χ2v) is 6.34. The van der Waals surface area contributed by atoms with Crippen LogP contribution in [0.1, 0.15) is 22.3 Å². The van der Waals surface area contributed by atoms with E-state index in [0.717, 1.165) is 22.3 Å². The van der Waals surface area contributed by atoms with Crippen molar-refractivity contribution in [2.24, 2.45) is 0 Å². The number of rotatable bonds is 3. The van der Waals surface area contributed by atoms with E-state index >= 15 is 0 Å². The SMILES string of the molecule is C(#CC(c1ccccc1)(c1ccccc1)c1ccccc1)c1cccnc1. The van der Waals surface area contributed by atoms with Crippen molar-refractivity contribution in [2.75, 3.05) is 0 Å². The van der Waals surface area contributed by atoms with Crippen molar-refractivity contribution in [3.63, 3.8) is 0 Å².